The van der Waals surface area contributed by atoms with E-state index in [-0.39, 0.29) is 11.7 Å². The van der Waals surface area contributed by atoms with Crippen molar-refractivity contribution in [1.29, 1.82) is 0 Å². The van der Waals surface area contributed by atoms with Gasteiger partial charge in [0, 0.05) is 11.5 Å². The van der Waals surface area contributed by atoms with E-state index in [0.29, 0.717) is 11.1 Å². The lowest BCUT2D eigenvalue weighted by atomic mass is 9.87. The molecule has 108 valence electrons. The number of ketones is 1. The minimum Gasteiger partial charge on any atom is -0.465 e. The largest absolute Gasteiger partial charge is 0.465 e. The summed E-state index contributed by atoms with van der Waals surface area (Å²) in [6.07, 6.45) is 0. The summed E-state index contributed by atoms with van der Waals surface area (Å²) in [5.41, 5.74) is 3.01. The van der Waals surface area contributed by atoms with E-state index in [1.54, 1.807) is 12.1 Å². The van der Waals surface area contributed by atoms with Gasteiger partial charge in [0.05, 0.1) is 12.7 Å². The Kier molecular flexibility index (Phi) is 4.53. The zero-order valence-corrected chi connectivity index (χ0v) is 12.4. The molecule has 21 heavy (non-hydrogen) atoms. The summed E-state index contributed by atoms with van der Waals surface area (Å²) in [4.78, 5) is 23.5. The van der Waals surface area contributed by atoms with Crippen LogP contribution in [0.1, 0.15) is 51.6 Å². The highest BCUT2D eigenvalue weighted by atomic mass is 16.5. The highest BCUT2D eigenvalue weighted by molar-refractivity contribution is 5.99. The van der Waals surface area contributed by atoms with Crippen LogP contribution in [0.25, 0.3) is 0 Å². The molecule has 0 radical (unpaired) electrons. The third kappa shape index (κ3) is 3.19. The number of ether oxygens (including phenoxy) is 1. The number of rotatable bonds is 4. The minimum absolute atomic E-state index is 0.0569. The van der Waals surface area contributed by atoms with E-state index in [4.69, 9.17) is 4.74 Å². The molecule has 0 aromatic heterocycles. The quantitative estimate of drug-likeness (QED) is 0.632. The van der Waals surface area contributed by atoms with Gasteiger partial charge in [-0.2, -0.15) is 0 Å². The molecule has 0 amide bonds. The van der Waals surface area contributed by atoms with Crippen LogP contribution in [0.15, 0.2) is 48.5 Å². The van der Waals surface area contributed by atoms with Crippen LogP contribution >= 0.6 is 0 Å². The number of methoxy groups -OCH3 is 1. The van der Waals surface area contributed by atoms with E-state index in [2.05, 4.69) is 6.92 Å². The SMILES string of the molecule is COC(=O)c1ccc(C(C)c2ccccc2)c(C(C)=O)c1. The Morgan fingerprint density at radius 1 is 1.05 bits per heavy atom. The van der Waals surface area contributed by atoms with Gasteiger partial charge in [-0.3, -0.25) is 4.79 Å². The molecule has 0 N–H and O–H groups in total. The molecule has 0 aliphatic carbocycles. The van der Waals surface area contributed by atoms with E-state index in [1.165, 1.54) is 14.0 Å². The number of Topliss-reactive ketones (excluding diaryl/α,β-unsaturated/α-hetero) is 1. The first-order valence-corrected chi connectivity index (χ1v) is 6.82. The van der Waals surface area contributed by atoms with Gasteiger partial charge >= 0.3 is 5.97 Å². The zero-order valence-electron chi connectivity index (χ0n) is 12.4. The third-order valence-electron chi connectivity index (χ3n) is 3.62. The van der Waals surface area contributed by atoms with E-state index >= 15 is 0 Å². The molecule has 0 spiro atoms. The Balaban J connectivity index is 2.48. The maximum absolute atomic E-state index is 11.9. The van der Waals surface area contributed by atoms with Gasteiger partial charge in [0.25, 0.3) is 0 Å². The normalized spacial score (nSPS) is 11.8. The average Bonchev–Trinajstić information content (AvgIpc) is 2.53. The lowest BCUT2D eigenvalue weighted by Gasteiger charge is -2.16. The van der Waals surface area contributed by atoms with Crippen LogP contribution in [-0.4, -0.2) is 18.9 Å². The molecule has 0 fully saturated rings. The predicted molar refractivity (Wildman–Crippen MR) is 81.7 cm³/mol. The van der Waals surface area contributed by atoms with Gasteiger partial charge in [-0.05, 0) is 30.2 Å². The van der Waals surface area contributed by atoms with E-state index in [1.807, 2.05) is 36.4 Å². The topological polar surface area (TPSA) is 43.4 Å². The van der Waals surface area contributed by atoms with Crippen LogP contribution in [0.2, 0.25) is 0 Å². The van der Waals surface area contributed by atoms with Crippen molar-refractivity contribution in [3.63, 3.8) is 0 Å². The summed E-state index contributed by atoms with van der Waals surface area (Å²) >= 11 is 0. The average molecular weight is 282 g/mol. The van der Waals surface area contributed by atoms with Crippen molar-refractivity contribution >= 4 is 11.8 Å². The lowest BCUT2D eigenvalue weighted by Crippen LogP contribution is -2.08. The molecular weight excluding hydrogens is 264 g/mol. The third-order valence-corrected chi connectivity index (χ3v) is 3.62. The van der Waals surface area contributed by atoms with Crippen molar-refractivity contribution in [2.75, 3.05) is 7.11 Å². The highest BCUT2D eigenvalue weighted by Crippen LogP contribution is 2.28. The van der Waals surface area contributed by atoms with Gasteiger partial charge in [-0.25, -0.2) is 4.79 Å². The number of carbonyl (C=O) groups is 2. The van der Waals surface area contributed by atoms with Crippen LogP contribution < -0.4 is 0 Å². The number of benzene rings is 2. The Morgan fingerprint density at radius 3 is 2.29 bits per heavy atom. The molecule has 1 atom stereocenters. The molecule has 0 saturated carbocycles. The van der Waals surface area contributed by atoms with Gasteiger partial charge < -0.3 is 4.74 Å². The molecule has 2 aromatic carbocycles. The van der Waals surface area contributed by atoms with Crippen molar-refractivity contribution in [1.82, 2.24) is 0 Å². The Hall–Kier alpha value is -2.42. The Labute approximate surface area is 124 Å². The second kappa shape index (κ2) is 6.35. The molecule has 2 rings (SSSR count). The van der Waals surface area contributed by atoms with Crippen LogP contribution in [0.5, 0.6) is 0 Å². The van der Waals surface area contributed by atoms with Crippen LogP contribution in [0.3, 0.4) is 0 Å². The molecule has 0 aliphatic rings. The van der Waals surface area contributed by atoms with E-state index < -0.39 is 5.97 Å². The van der Waals surface area contributed by atoms with Crippen LogP contribution in [-0.2, 0) is 4.74 Å². The molecule has 0 aliphatic heterocycles. The Morgan fingerprint density at radius 2 is 1.71 bits per heavy atom. The molecular formula is C18H18O3. The molecule has 0 heterocycles. The standard InChI is InChI=1S/C18H18O3/c1-12(14-7-5-4-6-8-14)16-10-9-15(18(20)21-3)11-17(16)13(2)19/h4-12H,1-3H3. The number of carbonyl (C=O) groups excluding carboxylic acids is 2. The smallest absolute Gasteiger partial charge is 0.337 e. The summed E-state index contributed by atoms with van der Waals surface area (Å²) < 4.78 is 4.71. The van der Waals surface area contributed by atoms with E-state index in [9.17, 15) is 9.59 Å². The summed E-state index contributed by atoms with van der Waals surface area (Å²) in [5, 5.41) is 0. The molecule has 3 nitrogen and oxygen atoms in total. The first-order chi connectivity index (χ1) is 10.0. The minimum atomic E-state index is -0.434. The second-order valence-electron chi connectivity index (χ2n) is 4.98. The van der Waals surface area contributed by atoms with Gasteiger partial charge in [-0.15, -0.1) is 0 Å². The van der Waals surface area contributed by atoms with Gasteiger partial charge in [0.15, 0.2) is 5.78 Å². The summed E-state index contributed by atoms with van der Waals surface area (Å²) in [7, 11) is 1.33. The number of hydrogen-bond acceptors (Lipinski definition) is 3. The predicted octanol–water partition coefficient (Wildman–Crippen LogP) is 3.83. The maximum Gasteiger partial charge on any atom is 0.337 e. The zero-order chi connectivity index (χ0) is 15.4. The first kappa shape index (κ1) is 15.0. The second-order valence-corrected chi connectivity index (χ2v) is 4.98. The highest BCUT2D eigenvalue weighted by Gasteiger charge is 2.17. The van der Waals surface area contributed by atoms with Crippen molar-refractivity contribution in [3.05, 3.63) is 70.8 Å². The molecule has 3 heteroatoms. The van der Waals surface area contributed by atoms with Crippen molar-refractivity contribution < 1.29 is 14.3 Å². The molecule has 1 unspecified atom stereocenters. The lowest BCUT2D eigenvalue weighted by molar-refractivity contribution is 0.0600. The summed E-state index contributed by atoms with van der Waals surface area (Å²) in [6, 6.07) is 15.1. The maximum atomic E-state index is 11.9. The summed E-state index contributed by atoms with van der Waals surface area (Å²) in [5.74, 6) is -0.410. The van der Waals surface area contributed by atoms with Crippen LogP contribution in [0.4, 0.5) is 0 Å². The summed E-state index contributed by atoms with van der Waals surface area (Å²) in [6.45, 7) is 3.56. The van der Waals surface area contributed by atoms with Crippen molar-refractivity contribution in [2.24, 2.45) is 0 Å². The van der Waals surface area contributed by atoms with Gasteiger partial charge in [0.2, 0.25) is 0 Å². The van der Waals surface area contributed by atoms with Crippen molar-refractivity contribution in [2.45, 2.75) is 19.8 Å². The first-order valence-electron chi connectivity index (χ1n) is 6.82. The van der Waals surface area contributed by atoms with Crippen LogP contribution in [0, 0.1) is 0 Å². The molecule has 0 saturated heterocycles. The fourth-order valence-corrected chi connectivity index (χ4v) is 2.40. The fourth-order valence-electron chi connectivity index (χ4n) is 2.40. The number of hydrogen-bond donors (Lipinski definition) is 0. The Bertz CT molecular complexity index is 659. The van der Waals surface area contributed by atoms with E-state index in [0.717, 1.165) is 11.1 Å². The number of esters is 1. The van der Waals surface area contributed by atoms with Gasteiger partial charge in [-0.1, -0.05) is 43.3 Å². The van der Waals surface area contributed by atoms with Crippen molar-refractivity contribution in [3.8, 4) is 0 Å². The van der Waals surface area contributed by atoms with Gasteiger partial charge in [0.1, 0.15) is 0 Å². The molecule has 0 bridgehead atoms. The molecule has 2 aromatic rings. The monoisotopic (exact) mass is 282 g/mol. The fraction of sp³-hybridized carbons (Fsp3) is 0.222.